The van der Waals surface area contributed by atoms with Gasteiger partial charge in [-0.1, -0.05) is 0 Å². The Balaban J connectivity index is 2.45. The van der Waals surface area contributed by atoms with E-state index in [1.807, 2.05) is 0 Å². The van der Waals surface area contributed by atoms with Crippen LogP contribution in [0.2, 0.25) is 0 Å². The van der Waals surface area contributed by atoms with E-state index in [1.54, 1.807) is 18.7 Å². The first-order chi connectivity index (χ1) is 7.41. The SMILES string of the molecule is CC(=O)CC(C)(C)OC(=O)N1CCNCC1. The Bertz CT molecular complexity index is 270. The Labute approximate surface area is 96.1 Å². The van der Waals surface area contributed by atoms with E-state index >= 15 is 0 Å². The monoisotopic (exact) mass is 228 g/mol. The zero-order valence-electron chi connectivity index (χ0n) is 10.2. The molecule has 5 nitrogen and oxygen atoms in total. The van der Waals surface area contributed by atoms with E-state index in [1.165, 1.54) is 6.92 Å². The second kappa shape index (κ2) is 5.30. The molecule has 1 saturated heterocycles. The van der Waals surface area contributed by atoms with Gasteiger partial charge in [0.15, 0.2) is 0 Å². The standard InChI is InChI=1S/C11H20N2O3/c1-9(14)8-11(2,3)16-10(15)13-6-4-12-5-7-13/h12H,4-8H2,1-3H3. The number of nitrogens with one attached hydrogen (secondary N) is 1. The molecule has 0 aromatic heterocycles. The summed E-state index contributed by atoms with van der Waals surface area (Å²) >= 11 is 0. The molecule has 1 aliphatic rings. The Morgan fingerprint density at radius 1 is 1.31 bits per heavy atom. The molecule has 1 rings (SSSR count). The van der Waals surface area contributed by atoms with E-state index in [2.05, 4.69) is 5.32 Å². The van der Waals surface area contributed by atoms with Crippen LogP contribution in [0.1, 0.15) is 27.2 Å². The van der Waals surface area contributed by atoms with Crippen molar-refractivity contribution in [1.82, 2.24) is 10.2 Å². The molecule has 1 aliphatic heterocycles. The highest BCUT2D eigenvalue weighted by Crippen LogP contribution is 2.16. The first-order valence-electron chi connectivity index (χ1n) is 5.59. The lowest BCUT2D eigenvalue weighted by Crippen LogP contribution is -2.48. The van der Waals surface area contributed by atoms with Crippen LogP contribution in [0.3, 0.4) is 0 Å². The lowest BCUT2D eigenvalue weighted by Gasteiger charge is -2.31. The molecule has 92 valence electrons. The molecular weight excluding hydrogens is 208 g/mol. The molecule has 1 heterocycles. The second-order valence-corrected chi connectivity index (χ2v) is 4.74. The zero-order chi connectivity index (χ0) is 12.2. The van der Waals surface area contributed by atoms with Crippen LogP contribution in [0.4, 0.5) is 4.79 Å². The summed E-state index contributed by atoms with van der Waals surface area (Å²) < 4.78 is 5.33. The van der Waals surface area contributed by atoms with Gasteiger partial charge < -0.3 is 15.0 Å². The van der Waals surface area contributed by atoms with Crippen LogP contribution >= 0.6 is 0 Å². The van der Waals surface area contributed by atoms with Gasteiger partial charge in [-0.2, -0.15) is 0 Å². The number of hydrogen-bond acceptors (Lipinski definition) is 4. The van der Waals surface area contributed by atoms with Gasteiger partial charge in [0.2, 0.25) is 0 Å². The molecule has 16 heavy (non-hydrogen) atoms. The summed E-state index contributed by atoms with van der Waals surface area (Å²) in [5.74, 6) is 0.0260. The van der Waals surface area contributed by atoms with E-state index in [-0.39, 0.29) is 18.3 Å². The lowest BCUT2D eigenvalue weighted by atomic mass is 10.0. The third-order valence-corrected chi connectivity index (χ3v) is 2.41. The maximum absolute atomic E-state index is 11.8. The number of carbonyl (C=O) groups is 2. The summed E-state index contributed by atoms with van der Waals surface area (Å²) in [4.78, 5) is 24.4. The van der Waals surface area contributed by atoms with E-state index in [9.17, 15) is 9.59 Å². The number of hydrogen-bond donors (Lipinski definition) is 1. The smallest absolute Gasteiger partial charge is 0.410 e. The molecule has 1 amide bonds. The van der Waals surface area contributed by atoms with E-state index in [0.717, 1.165) is 13.1 Å². The normalized spacial score (nSPS) is 17.1. The van der Waals surface area contributed by atoms with Crippen LogP contribution in [-0.2, 0) is 9.53 Å². The summed E-state index contributed by atoms with van der Waals surface area (Å²) in [5, 5.41) is 3.16. The summed E-state index contributed by atoms with van der Waals surface area (Å²) in [6, 6.07) is 0. The highest BCUT2D eigenvalue weighted by Gasteiger charge is 2.28. The molecule has 0 atom stereocenters. The Hall–Kier alpha value is -1.10. The van der Waals surface area contributed by atoms with Gasteiger partial charge in [0.05, 0.1) is 0 Å². The molecule has 5 heteroatoms. The van der Waals surface area contributed by atoms with Crippen molar-refractivity contribution >= 4 is 11.9 Å². The first-order valence-corrected chi connectivity index (χ1v) is 5.59. The van der Waals surface area contributed by atoms with Crippen LogP contribution in [0.15, 0.2) is 0 Å². The number of amides is 1. The molecule has 0 bridgehead atoms. The van der Waals surface area contributed by atoms with E-state index in [4.69, 9.17) is 4.74 Å². The van der Waals surface area contributed by atoms with Crippen molar-refractivity contribution in [3.05, 3.63) is 0 Å². The maximum atomic E-state index is 11.8. The average molecular weight is 228 g/mol. The first kappa shape index (κ1) is 13.0. The topological polar surface area (TPSA) is 58.6 Å². The molecule has 0 saturated carbocycles. The molecule has 0 aromatic rings. The fourth-order valence-electron chi connectivity index (χ4n) is 1.78. The molecule has 1 fully saturated rings. The van der Waals surface area contributed by atoms with Crippen molar-refractivity contribution in [1.29, 1.82) is 0 Å². The molecule has 0 unspecified atom stereocenters. The minimum atomic E-state index is -0.714. The van der Waals surface area contributed by atoms with Crippen molar-refractivity contribution in [2.24, 2.45) is 0 Å². The number of ketones is 1. The summed E-state index contributed by atoms with van der Waals surface area (Å²) in [7, 11) is 0. The van der Waals surface area contributed by atoms with Crippen LogP contribution in [-0.4, -0.2) is 48.6 Å². The predicted octanol–water partition coefficient (Wildman–Crippen LogP) is 0.786. The van der Waals surface area contributed by atoms with Crippen LogP contribution < -0.4 is 5.32 Å². The maximum Gasteiger partial charge on any atom is 0.410 e. The van der Waals surface area contributed by atoms with Gasteiger partial charge in [0.25, 0.3) is 0 Å². The van der Waals surface area contributed by atoms with Gasteiger partial charge in [0, 0.05) is 32.6 Å². The highest BCUT2D eigenvalue weighted by atomic mass is 16.6. The Morgan fingerprint density at radius 2 is 1.88 bits per heavy atom. The third-order valence-electron chi connectivity index (χ3n) is 2.41. The van der Waals surface area contributed by atoms with Gasteiger partial charge in [0.1, 0.15) is 11.4 Å². The molecule has 0 aromatic carbocycles. The van der Waals surface area contributed by atoms with Gasteiger partial charge in [-0.3, -0.25) is 4.79 Å². The lowest BCUT2D eigenvalue weighted by molar-refractivity contribution is -0.121. The van der Waals surface area contributed by atoms with Crippen LogP contribution in [0.5, 0.6) is 0 Å². The Kier molecular flexibility index (Phi) is 4.29. The largest absolute Gasteiger partial charge is 0.443 e. The zero-order valence-corrected chi connectivity index (χ0v) is 10.2. The molecular formula is C11H20N2O3. The van der Waals surface area contributed by atoms with Crippen LogP contribution in [0, 0.1) is 0 Å². The van der Waals surface area contributed by atoms with Crippen molar-refractivity contribution in [2.45, 2.75) is 32.8 Å². The summed E-state index contributed by atoms with van der Waals surface area (Å²) in [6.07, 6.45) is -0.0714. The van der Waals surface area contributed by atoms with Crippen molar-refractivity contribution in [2.75, 3.05) is 26.2 Å². The molecule has 0 spiro atoms. The van der Waals surface area contributed by atoms with Gasteiger partial charge in [-0.15, -0.1) is 0 Å². The number of Topliss-reactive ketones (excluding diaryl/α,β-unsaturated/α-hetero) is 1. The van der Waals surface area contributed by atoms with Gasteiger partial charge in [-0.25, -0.2) is 4.79 Å². The van der Waals surface area contributed by atoms with E-state index in [0.29, 0.717) is 13.1 Å². The fourth-order valence-corrected chi connectivity index (χ4v) is 1.78. The molecule has 0 aliphatic carbocycles. The van der Waals surface area contributed by atoms with Crippen molar-refractivity contribution in [3.8, 4) is 0 Å². The second-order valence-electron chi connectivity index (χ2n) is 4.74. The number of rotatable bonds is 3. The third kappa shape index (κ3) is 4.18. The van der Waals surface area contributed by atoms with Crippen molar-refractivity contribution < 1.29 is 14.3 Å². The molecule has 1 N–H and O–H groups in total. The number of piperazine rings is 1. The number of nitrogens with zero attached hydrogens (tertiary/aromatic N) is 1. The Morgan fingerprint density at radius 3 is 2.38 bits per heavy atom. The van der Waals surface area contributed by atoms with E-state index < -0.39 is 5.60 Å². The van der Waals surface area contributed by atoms with Crippen molar-refractivity contribution in [3.63, 3.8) is 0 Å². The predicted molar refractivity (Wildman–Crippen MR) is 60.3 cm³/mol. The quantitative estimate of drug-likeness (QED) is 0.775. The van der Waals surface area contributed by atoms with Gasteiger partial charge in [-0.05, 0) is 20.8 Å². The summed E-state index contributed by atoms with van der Waals surface area (Å²) in [6.45, 7) is 7.93. The number of ether oxygens (including phenoxy) is 1. The highest BCUT2D eigenvalue weighted by molar-refractivity contribution is 5.77. The summed E-state index contributed by atoms with van der Waals surface area (Å²) in [5.41, 5.74) is -0.714. The van der Waals surface area contributed by atoms with Gasteiger partial charge >= 0.3 is 6.09 Å². The fraction of sp³-hybridized carbons (Fsp3) is 0.818. The average Bonchev–Trinajstić information content (AvgIpc) is 2.16. The number of carbonyl (C=O) groups excluding carboxylic acids is 2. The molecule has 0 radical (unpaired) electrons. The van der Waals surface area contributed by atoms with Crippen LogP contribution in [0.25, 0.3) is 0 Å². The minimum Gasteiger partial charge on any atom is -0.443 e. The minimum absolute atomic E-state index is 0.0260.